The molecular formula is C15H14ClFN2O2. The summed E-state index contributed by atoms with van der Waals surface area (Å²) in [5, 5.41) is 12.1. The van der Waals surface area contributed by atoms with Gasteiger partial charge in [0.2, 0.25) is 0 Å². The van der Waals surface area contributed by atoms with Gasteiger partial charge in [-0.25, -0.2) is 4.39 Å². The molecule has 0 atom stereocenters. The van der Waals surface area contributed by atoms with E-state index in [2.05, 4.69) is 10.3 Å². The average molecular weight is 309 g/mol. The Morgan fingerprint density at radius 3 is 2.76 bits per heavy atom. The van der Waals surface area contributed by atoms with Crippen LogP contribution in [0, 0.1) is 5.82 Å². The van der Waals surface area contributed by atoms with Crippen molar-refractivity contribution in [3.05, 3.63) is 46.9 Å². The standard InChI is InChI=1S/C15H14ClFN2O2/c1-8(2)19-15(21)9-3-4-18-13(5-9)10-6-11(16)14(20)7-12(10)17/h3-8,20H,1-2H3,(H,19,21). The quantitative estimate of drug-likeness (QED) is 0.913. The summed E-state index contributed by atoms with van der Waals surface area (Å²) in [5.74, 6) is -1.27. The van der Waals surface area contributed by atoms with E-state index in [0.717, 1.165) is 6.07 Å². The summed E-state index contributed by atoms with van der Waals surface area (Å²) in [6.45, 7) is 3.69. The van der Waals surface area contributed by atoms with Crippen LogP contribution in [0.25, 0.3) is 11.3 Å². The fourth-order valence-corrected chi connectivity index (χ4v) is 1.96. The second-order valence-electron chi connectivity index (χ2n) is 4.84. The fourth-order valence-electron chi connectivity index (χ4n) is 1.80. The molecule has 0 unspecified atom stereocenters. The summed E-state index contributed by atoms with van der Waals surface area (Å²) in [7, 11) is 0. The van der Waals surface area contributed by atoms with E-state index in [-0.39, 0.29) is 34.0 Å². The van der Waals surface area contributed by atoms with Crippen LogP contribution in [0.15, 0.2) is 30.5 Å². The number of benzene rings is 1. The number of carbonyl (C=O) groups excluding carboxylic acids is 1. The number of pyridine rings is 1. The lowest BCUT2D eigenvalue weighted by atomic mass is 10.1. The first-order valence-corrected chi connectivity index (χ1v) is 6.71. The number of phenolic OH excluding ortho intramolecular Hbond substituents is 1. The van der Waals surface area contributed by atoms with Crippen molar-refractivity contribution in [1.82, 2.24) is 10.3 Å². The Kier molecular flexibility index (Phi) is 4.43. The van der Waals surface area contributed by atoms with Crippen LogP contribution in [-0.2, 0) is 0 Å². The van der Waals surface area contributed by atoms with Crippen LogP contribution in [0.4, 0.5) is 4.39 Å². The van der Waals surface area contributed by atoms with Gasteiger partial charge in [0.1, 0.15) is 11.6 Å². The fraction of sp³-hybridized carbons (Fsp3) is 0.200. The van der Waals surface area contributed by atoms with Crippen molar-refractivity contribution in [3.63, 3.8) is 0 Å². The third-order valence-corrected chi connectivity index (χ3v) is 3.06. The van der Waals surface area contributed by atoms with Crippen LogP contribution in [-0.4, -0.2) is 22.0 Å². The normalized spacial score (nSPS) is 10.7. The van der Waals surface area contributed by atoms with Crippen molar-refractivity contribution in [3.8, 4) is 17.0 Å². The minimum absolute atomic E-state index is 0.00558. The van der Waals surface area contributed by atoms with Crippen molar-refractivity contribution >= 4 is 17.5 Å². The van der Waals surface area contributed by atoms with Crippen LogP contribution < -0.4 is 5.32 Å². The summed E-state index contributed by atoms with van der Waals surface area (Å²) in [5.41, 5.74) is 0.764. The average Bonchev–Trinajstić information content (AvgIpc) is 2.42. The summed E-state index contributed by atoms with van der Waals surface area (Å²) in [4.78, 5) is 16.0. The SMILES string of the molecule is CC(C)NC(=O)c1ccnc(-c2cc(Cl)c(O)cc2F)c1. The molecule has 0 aliphatic heterocycles. The van der Waals surface area contributed by atoms with E-state index in [1.165, 1.54) is 18.3 Å². The highest BCUT2D eigenvalue weighted by Crippen LogP contribution is 2.31. The maximum absolute atomic E-state index is 13.9. The van der Waals surface area contributed by atoms with Gasteiger partial charge in [0.05, 0.1) is 10.7 Å². The van der Waals surface area contributed by atoms with Gasteiger partial charge in [0.15, 0.2) is 0 Å². The van der Waals surface area contributed by atoms with Gasteiger partial charge in [-0.2, -0.15) is 0 Å². The van der Waals surface area contributed by atoms with E-state index in [4.69, 9.17) is 11.6 Å². The largest absolute Gasteiger partial charge is 0.506 e. The predicted octanol–water partition coefficient (Wildman–Crippen LogP) is 3.38. The molecule has 1 aromatic carbocycles. The van der Waals surface area contributed by atoms with Crippen LogP contribution >= 0.6 is 11.6 Å². The molecule has 110 valence electrons. The number of aromatic hydroxyl groups is 1. The van der Waals surface area contributed by atoms with Gasteiger partial charge in [-0.15, -0.1) is 0 Å². The van der Waals surface area contributed by atoms with Gasteiger partial charge in [-0.05, 0) is 32.0 Å². The number of phenols is 1. The van der Waals surface area contributed by atoms with E-state index in [0.29, 0.717) is 5.56 Å². The second-order valence-corrected chi connectivity index (χ2v) is 5.25. The third kappa shape index (κ3) is 3.49. The zero-order chi connectivity index (χ0) is 15.6. The number of rotatable bonds is 3. The number of nitrogens with zero attached hydrogens (tertiary/aromatic N) is 1. The highest BCUT2D eigenvalue weighted by Gasteiger charge is 2.14. The summed E-state index contributed by atoms with van der Waals surface area (Å²) >= 11 is 5.78. The van der Waals surface area contributed by atoms with Gasteiger partial charge < -0.3 is 10.4 Å². The van der Waals surface area contributed by atoms with Crippen molar-refractivity contribution in [2.75, 3.05) is 0 Å². The highest BCUT2D eigenvalue weighted by molar-refractivity contribution is 6.32. The molecule has 2 aromatic rings. The number of nitrogens with one attached hydrogen (secondary N) is 1. The van der Waals surface area contributed by atoms with Gasteiger partial charge >= 0.3 is 0 Å². The predicted molar refractivity (Wildman–Crippen MR) is 78.9 cm³/mol. The minimum atomic E-state index is -0.661. The van der Waals surface area contributed by atoms with E-state index < -0.39 is 5.82 Å². The van der Waals surface area contributed by atoms with Gasteiger partial charge in [-0.1, -0.05) is 11.6 Å². The number of aromatic nitrogens is 1. The topological polar surface area (TPSA) is 62.2 Å². The molecule has 0 radical (unpaired) electrons. The molecule has 6 heteroatoms. The number of hydrogen-bond acceptors (Lipinski definition) is 3. The number of hydrogen-bond donors (Lipinski definition) is 2. The Hall–Kier alpha value is -2.14. The van der Waals surface area contributed by atoms with Crippen molar-refractivity contribution < 1.29 is 14.3 Å². The molecule has 0 aliphatic carbocycles. The number of halogens is 2. The lowest BCUT2D eigenvalue weighted by molar-refractivity contribution is 0.0943. The molecule has 1 aromatic heterocycles. The Morgan fingerprint density at radius 1 is 1.38 bits per heavy atom. The number of amides is 1. The van der Waals surface area contributed by atoms with Crippen LogP contribution in [0.3, 0.4) is 0 Å². The van der Waals surface area contributed by atoms with Gasteiger partial charge in [0.25, 0.3) is 5.91 Å². The molecule has 4 nitrogen and oxygen atoms in total. The van der Waals surface area contributed by atoms with E-state index in [1.807, 2.05) is 13.8 Å². The first-order chi connectivity index (χ1) is 9.88. The molecule has 2 N–H and O–H groups in total. The Bertz CT molecular complexity index is 689. The molecular weight excluding hydrogens is 295 g/mol. The molecule has 0 aliphatic rings. The Morgan fingerprint density at radius 2 is 2.10 bits per heavy atom. The monoisotopic (exact) mass is 308 g/mol. The molecule has 1 amide bonds. The minimum Gasteiger partial charge on any atom is -0.506 e. The molecule has 0 bridgehead atoms. The number of carbonyl (C=O) groups is 1. The van der Waals surface area contributed by atoms with E-state index in [9.17, 15) is 14.3 Å². The molecule has 0 spiro atoms. The molecule has 0 saturated carbocycles. The van der Waals surface area contributed by atoms with Crippen molar-refractivity contribution in [2.45, 2.75) is 19.9 Å². The van der Waals surface area contributed by atoms with Crippen LogP contribution in [0.2, 0.25) is 5.02 Å². The first-order valence-electron chi connectivity index (χ1n) is 6.33. The Balaban J connectivity index is 2.42. The van der Waals surface area contributed by atoms with Crippen molar-refractivity contribution in [2.24, 2.45) is 0 Å². The molecule has 0 fully saturated rings. The third-order valence-electron chi connectivity index (χ3n) is 2.75. The first kappa shape index (κ1) is 15.3. The Labute approximate surface area is 126 Å². The lowest BCUT2D eigenvalue weighted by Crippen LogP contribution is -2.30. The maximum atomic E-state index is 13.9. The van der Waals surface area contributed by atoms with Gasteiger partial charge in [-0.3, -0.25) is 9.78 Å². The summed E-state index contributed by atoms with van der Waals surface area (Å²) in [6, 6.07) is 5.21. The summed E-state index contributed by atoms with van der Waals surface area (Å²) in [6.07, 6.45) is 1.42. The van der Waals surface area contributed by atoms with E-state index in [1.54, 1.807) is 6.07 Å². The zero-order valence-electron chi connectivity index (χ0n) is 11.5. The zero-order valence-corrected chi connectivity index (χ0v) is 12.3. The lowest BCUT2D eigenvalue weighted by Gasteiger charge is -2.10. The van der Waals surface area contributed by atoms with Gasteiger partial charge in [0, 0.05) is 29.4 Å². The van der Waals surface area contributed by atoms with Crippen LogP contribution in [0.5, 0.6) is 5.75 Å². The van der Waals surface area contributed by atoms with E-state index >= 15 is 0 Å². The maximum Gasteiger partial charge on any atom is 0.251 e. The smallest absolute Gasteiger partial charge is 0.251 e. The molecule has 1 heterocycles. The van der Waals surface area contributed by atoms with Crippen molar-refractivity contribution in [1.29, 1.82) is 0 Å². The summed E-state index contributed by atoms with van der Waals surface area (Å²) < 4.78 is 13.9. The highest BCUT2D eigenvalue weighted by atomic mass is 35.5. The molecule has 0 saturated heterocycles. The second kappa shape index (κ2) is 6.10. The molecule has 21 heavy (non-hydrogen) atoms. The molecule has 2 rings (SSSR count). The van der Waals surface area contributed by atoms with Crippen LogP contribution in [0.1, 0.15) is 24.2 Å².